The van der Waals surface area contributed by atoms with Crippen LogP contribution in [0.15, 0.2) is 12.3 Å². The summed E-state index contributed by atoms with van der Waals surface area (Å²) in [6.45, 7) is 3.03. The Bertz CT molecular complexity index is 473. The van der Waals surface area contributed by atoms with Gasteiger partial charge in [0.15, 0.2) is 0 Å². The molecule has 1 aliphatic rings. The number of anilines is 1. The smallest absolute Gasteiger partial charge is 0.289 e. The van der Waals surface area contributed by atoms with Crippen molar-refractivity contribution in [1.82, 2.24) is 4.98 Å². The number of halogens is 1. The maximum Gasteiger partial charge on any atom is 0.289 e. The van der Waals surface area contributed by atoms with E-state index in [1.54, 1.807) is 0 Å². The Hall–Kier alpha value is -1.36. The first kappa shape index (κ1) is 14.1. The van der Waals surface area contributed by atoms with E-state index in [1.165, 1.54) is 37.9 Å². The summed E-state index contributed by atoms with van der Waals surface area (Å²) in [5.74, 6) is 0.534. The van der Waals surface area contributed by atoms with Crippen molar-refractivity contribution in [3.8, 4) is 0 Å². The highest BCUT2D eigenvalue weighted by atomic mass is 35.5. The maximum absolute atomic E-state index is 10.6. The van der Waals surface area contributed by atoms with Crippen molar-refractivity contribution in [1.29, 1.82) is 0 Å². The Kier molecular flexibility index (Phi) is 4.24. The van der Waals surface area contributed by atoms with Gasteiger partial charge in [-0.25, -0.2) is 4.98 Å². The standard InChI is InChI=1S/C13H18ClN3O2/c1-2-13(5-3-4-6-13)9-16-12-11(14)7-10(8-15-12)17(18)19/h7-8H,2-6,9H2,1H3,(H,15,16). The zero-order chi connectivity index (χ0) is 13.9. The average molecular weight is 284 g/mol. The van der Waals surface area contributed by atoms with Gasteiger partial charge >= 0.3 is 0 Å². The second-order valence-electron chi connectivity index (χ2n) is 5.20. The molecule has 0 bridgehead atoms. The summed E-state index contributed by atoms with van der Waals surface area (Å²) in [4.78, 5) is 14.2. The van der Waals surface area contributed by atoms with E-state index in [2.05, 4.69) is 17.2 Å². The fourth-order valence-corrected chi connectivity index (χ4v) is 2.94. The van der Waals surface area contributed by atoms with Crippen LogP contribution in [0.4, 0.5) is 11.5 Å². The molecule has 1 saturated carbocycles. The Labute approximate surface area is 117 Å². The van der Waals surface area contributed by atoms with E-state index in [0.717, 1.165) is 13.0 Å². The van der Waals surface area contributed by atoms with Crippen LogP contribution in [0.3, 0.4) is 0 Å². The van der Waals surface area contributed by atoms with Gasteiger partial charge in [0, 0.05) is 12.6 Å². The third-order valence-electron chi connectivity index (χ3n) is 4.08. The van der Waals surface area contributed by atoms with Gasteiger partial charge in [-0.15, -0.1) is 0 Å². The first-order valence-electron chi connectivity index (χ1n) is 6.60. The van der Waals surface area contributed by atoms with E-state index in [4.69, 9.17) is 11.6 Å². The summed E-state index contributed by atoms with van der Waals surface area (Å²) in [6, 6.07) is 1.34. The molecule has 1 aromatic heterocycles. The first-order chi connectivity index (χ1) is 9.06. The number of nitrogens with one attached hydrogen (secondary N) is 1. The van der Waals surface area contributed by atoms with E-state index in [9.17, 15) is 10.1 Å². The zero-order valence-electron chi connectivity index (χ0n) is 11.0. The zero-order valence-corrected chi connectivity index (χ0v) is 11.7. The van der Waals surface area contributed by atoms with Crippen LogP contribution in [0.2, 0.25) is 5.02 Å². The van der Waals surface area contributed by atoms with E-state index in [1.807, 2.05) is 0 Å². The van der Waals surface area contributed by atoms with Crippen LogP contribution in [0.5, 0.6) is 0 Å². The molecule has 0 aromatic carbocycles. The topological polar surface area (TPSA) is 68.1 Å². The molecule has 0 radical (unpaired) electrons. The molecule has 19 heavy (non-hydrogen) atoms. The van der Waals surface area contributed by atoms with Crippen molar-refractivity contribution < 1.29 is 4.92 Å². The fourth-order valence-electron chi connectivity index (χ4n) is 2.71. The molecule has 0 saturated heterocycles. The number of rotatable bonds is 5. The lowest BCUT2D eigenvalue weighted by atomic mass is 9.83. The van der Waals surface area contributed by atoms with Gasteiger partial charge in [-0.1, -0.05) is 31.4 Å². The van der Waals surface area contributed by atoms with Crippen molar-refractivity contribution in [2.45, 2.75) is 39.0 Å². The summed E-state index contributed by atoms with van der Waals surface area (Å²) in [6.07, 6.45) is 7.36. The van der Waals surface area contributed by atoms with Crippen LogP contribution in [-0.2, 0) is 0 Å². The number of pyridine rings is 1. The summed E-state index contributed by atoms with van der Waals surface area (Å²) in [7, 11) is 0. The Morgan fingerprint density at radius 2 is 2.21 bits per heavy atom. The average Bonchev–Trinajstić information content (AvgIpc) is 2.86. The molecule has 1 aromatic rings. The molecule has 1 N–H and O–H groups in total. The highest BCUT2D eigenvalue weighted by Gasteiger charge is 2.31. The lowest BCUT2D eigenvalue weighted by Crippen LogP contribution is -2.26. The van der Waals surface area contributed by atoms with E-state index in [-0.39, 0.29) is 5.69 Å². The van der Waals surface area contributed by atoms with E-state index >= 15 is 0 Å². The van der Waals surface area contributed by atoms with Crippen molar-refractivity contribution in [3.05, 3.63) is 27.4 Å². The summed E-state index contributed by atoms with van der Waals surface area (Å²) in [5.41, 5.74) is 0.244. The van der Waals surface area contributed by atoms with Crippen LogP contribution in [0.25, 0.3) is 0 Å². The van der Waals surface area contributed by atoms with Gasteiger partial charge in [-0.05, 0) is 24.7 Å². The van der Waals surface area contributed by atoms with Gasteiger partial charge in [0.1, 0.15) is 12.0 Å². The second-order valence-corrected chi connectivity index (χ2v) is 5.60. The molecule has 0 atom stereocenters. The lowest BCUT2D eigenvalue weighted by Gasteiger charge is -2.28. The molecule has 6 heteroatoms. The van der Waals surface area contributed by atoms with Gasteiger partial charge in [-0.3, -0.25) is 10.1 Å². The Morgan fingerprint density at radius 3 is 2.74 bits per heavy atom. The molecule has 1 fully saturated rings. The monoisotopic (exact) mass is 283 g/mol. The summed E-state index contributed by atoms with van der Waals surface area (Å²) in [5, 5.41) is 14.2. The molecule has 1 heterocycles. The Balaban J connectivity index is 2.05. The van der Waals surface area contributed by atoms with Crippen molar-refractivity contribution >= 4 is 23.1 Å². The van der Waals surface area contributed by atoms with Crippen LogP contribution in [0.1, 0.15) is 39.0 Å². The summed E-state index contributed by atoms with van der Waals surface area (Å²) >= 11 is 6.02. The molecule has 2 rings (SSSR count). The quantitative estimate of drug-likeness (QED) is 0.654. The lowest BCUT2D eigenvalue weighted by molar-refractivity contribution is -0.385. The van der Waals surface area contributed by atoms with Gasteiger partial charge in [0.05, 0.1) is 9.95 Å². The minimum absolute atomic E-state index is 0.0818. The van der Waals surface area contributed by atoms with Crippen molar-refractivity contribution in [2.24, 2.45) is 5.41 Å². The predicted molar refractivity (Wildman–Crippen MR) is 75.6 cm³/mol. The van der Waals surface area contributed by atoms with E-state index in [0.29, 0.717) is 16.3 Å². The predicted octanol–water partition coefficient (Wildman–Crippen LogP) is 4.03. The summed E-state index contributed by atoms with van der Waals surface area (Å²) < 4.78 is 0. The number of nitrogens with zero attached hydrogens (tertiary/aromatic N) is 2. The molecule has 5 nitrogen and oxygen atoms in total. The van der Waals surface area contributed by atoms with Gasteiger partial charge in [0.2, 0.25) is 0 Å². The van der Waals surface area contributed by atoms with Gasteiger partial charge in [-0.2, -0.15) is 0 Å². The molecule has 104 valence electrons. The van der Waals surface area contributed by atoms with Crippen LogP contribution < -0.4 is 5.32 Å². The maximum atomic E-state index is 10.6. The van der Waals surface area contributed by atoms with Crippen molar-refractivity contribution in [3.63, 3.8) is 0 Å². The van der Waals surface area contributed by atoms with Crippen molar-refractivity contribution in [2.75, 3.05) is 11.9 Å². The third-order valence-corrected chi connectivity index (χ3v) is 4.37. The normalized spacial score (nSPS) is 17.4. The van der Waals surface area contributed by atoms with Gasteiger partial charge < -0.3 is 5.32 Å². The third kappa shape index (κ3) is 3.15. The highest BCUT2D eigenvalue weighted by molar-refractivity contribution is 6.33. The molecule has 0 unspecified atom stereocenters. The van der Waals surface area contributed by atoms with Gasteiger partial charge in [0.25, 0.3) is 5.69 Å². The number of hydrogen-bond acceptors (Lipinski definition) is 4. The molecular weight excluding hydrogens is 266 g/mol. The van der Waals surface area contributed by atoms with Crippen LogP contribution >= 0.6 is 11.6 Å². The van der Waals surface area contributed by atoms with E-state index < -0.39 is 4.92 Å². The number of aromatic nitrogens is 1. The number of hydrogen-bond donors (Lipinski definition) is 1. The molecule has 0 spiro atoms. The second kappa shape index (κ2) is 5.74. The molecular formula is C13H18ClN3O2. The van der Waals surface area contributed by atoms with Crippen LogP contribution in [-0.4, -0.2) is 16.5 Å². The Morgan fingerprint density at radius 1 is 1.53 bits per heavy atom. The molecule has 0 amide bonds. The SMILES string of the molecule is CCC1(CNc2ncc([N+](=O)[O-])cc2Cl)CCCC1. The number of nitro groups is 1. The fraction of sp³-hybridized carbons (Fsp3) is 0.615. The minimum atomic E-state index is -0.493. The minimum Gasteiger partial charge on any atom is -0.368 e. The molecule has 1 aliphatic carbocycles. The largest absolute Gasteiger partial charge is 0.368 e. The first-order valence-corrected chi connectivity index (χ1v) is 6.98. The highest BCUT2D eigenvalue weighted by Crippen LogP contribution is 2.41. The molecule has 0 aliphatic heterocycles. The van der Waals surface area contributed by atoms with Crippen LogP contribution in [0, 0.1) is 15.5 Å².